The monoisotopic (exact) mass is 337 g/mol. The van der Waals surface area contributed by atoms with Gasteiger partial charge in [0.1, 0.15) is 0 Å². The molecule has 21 heavy (non-hydrogen) atoms. The Hall–Kier alpha value is 0.180. The van der Waals surface area contributed by atoms with Gasteiger partial charge < -0.3 is 5.32 Å². The van der Waals surface area contributed by atoms with Crippen molar-refractivity contribution in [3.63, 3.8) is 0 Å². The number of hydrogen-bond acceptors (Lipinski definition) is 4. The van der Waals surface area contributed by atoms with Crippen molar-refractivity contribution < 1.29 is 8.42 Å². The normalized spacial score (nSPS) is 23.6. The Morgan fingerprint density at radius 3 is 2.62 bits per heavy atom. The SMILES string of the molecule is CCCNCCCN(C)S(=O)(=O)NC1CCCCC1SC. The van der Waals surface area contributed by atoms with Crippen molar-refractivity contribution in [1.82, 2.24) is 14.3 Å². The van der Waals surface area contributed by atoms with Crippen LogP contribution in [-0.2, 0) is 10.2 Å². The van der Waals surface area contributed by atoms with Crippen LogP contribution >= 0.6 is 11.8 Å². The predicted octanol–water partition coefficient (Wildman–Crippen LogP) is 1.82. The minimum Gasteiger partial charge on any atom is -0.317 e. The highest BCUT2D eigenvalue weighted by Crippen LogP contribution is 2.27. The number of nitrogens with zero attached hydrogens (tertiary/aromatic N) is 1. The second-order valence-corrected chi connectivity index (χ2v) is 8.60. The summed E-state index contributed by atoms with van der Waals surface area (Å²) in [5.41, 5.74) is 0. The fraction of sp³-hybridized carbons (Fsp3) is 1.00. The molecule has 0 aromatic rings. The summed E-state index contributed by atoms with van der Waals surface area (Å²) in [6, 6.07) is 0.0828. The summed E-state index contributed by atoms with van der Waals surface area (Å²) in [5.74, 6) is 0. The van der Waals surface area contributed by atoms with E-state index in [4.69, 9.17) is 0 Å². The second-order valence-electron chi connectivity index (χ2n) is 5.71. The van der Waals surface area contributed by atoms with Crippen molar-refractivity contribution >= 4 is 22.0 Å². The van der Waals surface area contributed by atoms with E-state index in [1.54, 1.807) is 18.8 Å². The van der Waals surface area contributed by atoms with Crippen LogP contribution in [0.4, 0.5) is 0 Å². The maximum absolute atomic E-state index is 12.4. The Balaban J connectivity index is 2.40. The van der Waals surface area contributed by atoms with Crippen LogP contribution in [0, 0.1) is 0 Å². The quantitative estimate of drug-likeness (QED) is 0.597. The first-order valence-electron chi connectivity index (χ1n) is 7.98. The molecule has 1 aliphatic rings. The Labute approximate surface area is 134 Å². The molecule has 0 radical (unpaired) electrons. The fourth-order valence-corrected chi connectivity index (χ4v) is 4.88. The van der Waals surface area contributed by atoms with Gasteiger partial charge in [-0.25, -0.2) is 0 Å². The lowest BCUT2D eigenvalue weighted by molar-refractivity contribution is 0.396. The van der Waals surface area contributed by atoms with Gasteiger partial charge in [0.05, 0.1) is 0 Å². The zero-order chi connectivity index (χ0) is 15.7. The van der Waals surface area contributed by atoms with Gasteiger partial charge in [0.25, 0.3) is 10.2 Å². The standard InChI is InChI=1S/C14H31N3O2S2/c1-4-10-15-11-7-12-17(2)21(18,19)16-13-8-5-6-9-14(13)20-3/h13-16H,4-12H2,1-3H3. The average molecular weight is 338 g/mol. The molecule has 0 bridgehead atoms. The van der Waals surface area contributed by atoms with E-state index in [9.17, 15) is 8.42 Å². The second kappa shape index (κ2) is 10.0. The molecule has 0 saturated heterocycles. The molecule has 2 N–H and O–H groups in total. The summed E-state index contributed by atoms with van der Waals surface area (Å²) >= 11 is 1.78. The number of thioether (sulfide) groups is 1. The van der Waals surface area contributed by atoms with Gasteiger partial charge in [-0.2, -0.15) is 29.2 Å². The molecule has 126 valence electrons. The summed E-state index contributed by atoms with van der Waals surface area (Å²) < 4.78 is 29.1. The van der Waals surface area contributed by atoms with Gasteiger partial charge in [-0.1, -0.05) is 19.8 Å². The maximum Gasteiger partial charge on any atom is 0.279 e. The van der Waals surface area contributed by atoms with Crippen LogP contribution in [0.15, 0.2) is 0 Å². The van der Waals surface area contributed by atoms with Crippen LogP contribution in [-0.4, -0.2) is 57.0 Å². The van der Waals surface area contributed by atoms with Crippen LogP contribution in [0.3, 0.4) is 0 Å². The largest absolute Gasteiger partial charge is 0.317 e. The van der Waals surface area contributed by atoms with Gasteiger partial charge in [0.15, 0.2) is 0 Å². The molecule has 7 heteroatoms. The molecule has 1 rings (SSSR count). The molecule has 0 amide bonds. The van der Waals surface area contributed by atoms with E-state index in [1.807, 2.05) is 0 Å². The smallest absolute Gasteiger partial charge is 0.279 e. The molecule has 2 unspecified atom stereocenters. The Kier molecular flexibility index (Phi) is 9.20. The van der Waals surface area contributed by atoms with Gasteiger partial charge in [0, 0.05) is 24.9 Å². The molecule has 0 aromatic carbocycles. The maximum atomic E-state index is 12.4. The third-order valence-corrected chi connectivity index (χ3v) is 6.74. The first kappa shape index (κ1) is 19.2. The number of hydrogen-bond donors (Lipinski definition) is 2. The number of nitrogens with one attached hydrogen (secondary N) is 2. The van der Waals surface area contributed by atoms with Gasteiger partial charge in [-0.15, -0.1) is 0 Å². The van der Waals surface area contributed by atoms with E-state index in [1.165, 1.54) is 10.7 Å². The van der Waals surface area contributed by atoms with E-state index >= 15 is 0 Å². The van der Waals surface area contributed by atoms with Crippen LogP contribution in [0.25, 0.3) is 0 Å². The molecule has 5 nitrogen and oxygen atoms in total. The van der Waals surface area contributed by atoms with E-state index in [0.717, 1.165) is 45.2 Å². The molecule has 0 aromatic heterocycles. The van der Waals surface area contributed by atoms with E-state index in [-0.39, 0.29) is 6.04 Å². The predicted molar refractivity (Wildman–Crippen MR) is 92.0 cm³/mol. The van der Waals surface area contributed by atoms with E-state index in [2.05, 4.69) is 23.2 Å². The molecule has 0 aliphatic heterocycles. The van der Waals surface area contributed by atoms with Gasteiger partial charge in [-0.05, 0) is 45.0 Å². The topological polar surface area (TPSA) is 61.4 Å². The lowest BCUT2D eigenvalue weighted by Gasteiger charge is -2.32. The molecular weight excluding hydrogens is 306 g/mol. The van der Waals surface area contributed by atoms with Crippen molar-refractivity contribution in [1.29, 1.82) is 0 Å². The van der Waals surface area contributed by atoms with Gasteiger partial charge >= 0.3 is 0 Å². The highest BCUT2D eigenvalue weighted by molar-refractivity contribution is 7.99. The van der Waals surface area contributed by atoms with Gasteiger partial charge in [-0.3, -0.25) is 0 Å². The van der Waals surface area contributed by atoms with Crippen molar-refractivity contribution in [2.75, 3.05) is 32.9 Å². The van der Waals surface area contributed by atoms with Crippen LogP contribution in [0.2, 0.25) is 0 Å². The zero-order valence-electron chi connectivity index (χ0n) is 13.6. The summed E-state index contributed by atoms with van der Waals surface area (Å²) in [6.07, 6.45) is 8.41. The first-order valence-corrected chi connectivity index (χ1v) is 10.7. The first-order chi connectivity index (χ1) is 10.0. The minimum atomic E-state index is -3.35. The summed E-state index contributed by atoms with van der Waals surface area (Å²) in [5, 5.41) is 3.70. The summed E-state index contributed by atoms with van der Waals surface area (Å²) in [7, 11) is -1.69. The molecule has 1 aliphatic carbocycles. The third-order valence-electron chi connectivity index (χ3n) is 3.97. The van der Waals surface area contributed by atoms with Crippen LogP contribution in [0.1, 0.15) is 45.4 Å². The Morgan fingerprint density at radius 2 is 1.95 bits per heavy atom. The molecule has 0 heterocycles. The summed E-state index contributed by atoms with van der Waals surface area (Å²) in [6.45, 7) is 4.54. The van der Waals surface area contributed by atoms with Crippen molar-refractivity contribution in [3.8, 4) is 0 Å². The minimum absolute atomic E-state index is 0.0828. The third kappa shape index (κ3) is 6.86. The average Bonchev–Trinajstić information content (AvgIpc) is 2.47. The zero-order valence-corrected chi connectivity index (χ0v) is 15.2. The van der Waals surface area contributed by atoms with E-state index < -0.39 is 10.2 Å². The Morgan fingerprint density at radius 1 is 1.24 bits per heavy atom. The van der Waals surface area contributed by atoms with Crippen LogP contribution in [0.5, 0.6) is 0 Å². The van der Waals surface area contributed by atoms with Crippen LogP contribution < -0.4 is 10.0 Å². The molecule has 0 spiro atoms. The lowest BCUT2D eigenvalue weighted by Crippen LogP contribution is -2.49. The molecule has 2 atom stereocenters. The van der Waals surface area contributed by atoms with Crippen molar-refractivity contribution in [3.05, 3.63) is 0 Å². The number of rotatable bonds is 10. The molecule has 1 fully saturated rings. The van der Waals surface area contributed by atoms with E-state index in [0.29, 0.717) is 11.8 Å². The van der Waals surface area contributed by atoms with Gasteiger partial charge in [0.2, 0.25) is 0 Å². The fourth-order valence-electron chi connectivity index (χ4n) is 2.64. The van der Waals surface area contributed by atoms with Crippen molar-refractivity contribution in [2.45, 2.75) is 56.7 Å². The molecule has 1 saturated carbocycles. The molecular formula is C14H31N3O2S2. The highest BCUT2D eigenvalue weighted by Gasteiger charge is 2.29. The van der Waals surface area contributed by atoms with Crippen molar-refractivity contribution in [2.24, 2.45) is 0 Å². The highest BCUT2D eigenvalue weighted by atomic mass is 32.2. The lowest BCUT2D eigenvalue weighted by atomic mass is 9.96. The Bertz CT molecular complexity index is 376. The summed E-state index contributed by atoms with van der Waals surface area (Å²) in [4.78, 5) is 0.